The van der Waals surface area contributed by atoms with Crippen LogP contribution in [-0.4, -0.2) is 11.7 Å². The highest BCUT2D eigenvalue weighted by molar-refractivity contribution is 7.99. The van der Waals surface area contributed by atoms with E-state index in [9.17, 15) is 18.0 Å². The molecule has 7 heteroatoms. The molecule has 0 saturated carbocycles. The Balaban J connectivity index is 3.53. The molecule has 1 amide bonds. The van der Waals surface area contributed by atoms with Gasteiger partial charge in [-0.15, -0.1) is 11.8 Å². The molecule has 0 saturated heterocycles. The molecule has 0 unspecified atom stereocenters. The average molecular weight is 274 g/mol. The van der Waals surface area contributed by atoms with E-state index >= 15 is 0 Å². The molecule has 0 aliphatic heterocycles. The normalized spacial score (nSPS) is 11.1. The fourth-order valence-corrected chi connectivity index (χ4v) is 2.20. The largest absolute Gasteiger partial charge is 0.417 e. The lowest BCUT2D eigenvalue weighted by Gasteiger charge is -2.12. The number of rotatable bonds is 3. The van der Waals surface area contributed by atoms with Crippen LogP contribution in [0.2, 0.25) is 0 Å². The van der Waals surface area contributed by atoms with Gasteiger partial charge in [0.15, 0.2) is 0 Å². The molecule has 2 N–H and O–H groups in total. The van der Waals surface area contributed by atoms with E-state index in [1.165, 1.54) is 6.07 Å². The Hall–Kier alpha value is -1.68. The lowest BCUT2D eigenvalue weighted by Crippen LogP contribution is -2.16. The van der Waals surface area contributed by atoms with Crippen LogP contribution in [0.1, 0.15) is 28.4 Å². The van der Waals surface area contributed by atoms with Gasteiger partial charge in [-0.25, -0.2) is 0 Å². The van der Waals surface area contributed by atoms with Crippen LogP contribution < -0.4 is 5.73 Å². The van der Waals surface area contributed by atoms with Gasteiger partial charge in [0.25, 0.3) is 0 Å². The van der Waals surface area contributed by atoms with Crippen molar-refractivity contribution in [2.75, 3.05) is 5.75 Å². The minimum atomic E-state index is -4.69. The lowest BCUT2D eigenvalue weighted by atomic mass is 10.0. The minimum Gasteiger partial charge on any atom is -0.366 e. The topological polar surface area (TPSA) is 66.9 Å². The zero-order valence-electron chi connectivity index (χ0n) is 9.34. The molecule has 0 bridgehead atoms. The van der Waals surface area contributed by atoms with Crippen molar-refractivity contribution in [3.05, 3.63) is 28.8 Å². The van der Waals surface area contributed by atoms with E-state index in [1.807, 2.05) is 0 Å². The summed E-state index contributed by atoms with van der Waals surface area (Å²) in [6, 6.07) is 3.17. The second kappa shape index (κ2) is 5.31. The number of hydrogen-bond donors (Lipinski definition) is 1. The maximum Gasteiger partial charge on any atom is 0.417 e. The predicted molar refractivity (Wildman–Crippen MR) is 61.1 cm³/mol. The van der Waals surface area contributed by atoms with E-state index in [2.05, 4.69) is 0 Å². The van der Waals surface area contributed by atoms with Gasteiger partial charge in [-0.3, -0.25) is 4.79 Å². The molecule has 0 spiro atoms. The van der Waals surface area contributed by atoms with Crippen LogP contribution in [-0.2, 0) is 6.18 Å². The number of nitrogens with zero attached hydrogens (tertiary/aromatic N) is 1. The summed E-state index contributed by atoms with van der Waals surface area (Å²) in [6.07, 6.45) is -4.69. The Labute approximate surface area is 106 Å². The van der Waals surface area contributed by atoms with Gasteiger partial charge in [-0.2, -0.15) is 18.4 Å². The molecule has 0 fully saturated rings. The van der Waals surface area contributed by atoms with Gasteiger partial charge in [0.05, 0.1) is 22.8 Å². The molecule has 0 heterocycles. The number of halogens is 3. The van der Waals surface area contributed by atoms with Crippen molar-refractivity contribution in [2.24, 2.45) is 5.73 Å². The highest BCUT2D eigenvalue weighted by Gasteiger charge is 2.35. The quantitative estimate of drug-likeness (QED) is 0.862. The van der Waals surface area contributed by atoms with Crippen LogP contribution in [0.5, 0.6) is 0 Å². The second-order valence-electron chi connectivity index (χ2n) is 3.30. The average Bonchev–Trinajstić information content (AvgIpc) is 2.27. The Morgan fingerprint density at radius 1 is 1.50 bits per heavy atom. The van der Waals surface area contributed by atoms with Gasteiger partial charge < -0.3 is 5.73 Å². The highest BCUT2D eigenvalue weighted by atomic mass is 32.2. The van der Waals surface area contributed by atoms with Gasteiger partial charge in [0.1, 0.15) is 0 Å². The summed E-state index contributed by atoms with van der Waals surface area (Å²) in [6.45, 7) is 1.78. The first-order valence-corrected chi connectivity index (χ1v) is 5.87. The molecule has 0 aromatic heterocycles. The fourth-order valence-electron chi connectivity index (χ4n) is 1.37. The zero-order valence-corrected chi connectivity index (χ0v) is 10.2. The third-order valence-corrected chi connectivity index (χ3v) is 3.05. The Kier molecular flexibility index (Phi) is 4.24. The first-order chi connectivity index (χ1) is 8.31. The van der Waals surface area contributed by atoms with Crippen LogP contribution >= 0.6 is 11.8 Å². The van der Waals surface area contributed by atoms with Crippen molar-refractivity contribution < 1.29 is 18.0 Å². The van der Waals surface area contributed by atoms with Crippen LogP contribution in [0.4, 0.5) is 13.2 Å². The van der Waals surface area contributed by atoms with Crippen molar-refractivity contribution in [1.82, 2.24) is 0 Å². The van der Waals surface area contributed by atoms with Gasteiger partial charge in [0, 0.05) is 4.90 Å². The minimum absolute atomic E-state index is 0.215. The number of thioether (sulfide) groups is 1. The molecule has 1 aromatic carbocycles. The summed E-state index contributed by atoms with van der Waals surface area (Å²) >= 11 is 1.16. The molecular weight excluding hydrogens is 265 g/mol. The number of hydrogen-bond acceptors (Lipinski definition) is 3. The van der Waals surface area contributed by atoms with Crippen molar-refractivity contribution in [3.63, 3.8) is 0 Å². The fraction of sp³-hybridized carbons (Fsp3) is 0.273. The number of nitriles is 1. The summed E-state index contributed by atoms with van der Waals surface area (Å²) in [5.74, 6) is -0.391. The van der Waals surface area contributed by atoms with Crippen LogP contribution in [0.25, 0.3) is 0 Å². The number of amides is 1. The number of carbonyl (C=O) groups is 1. The van der Waals surface area contributed by atoms with E-state index in [4.69, 9.17) is 11.0 Å². The third-order valence-electron chi connectivity index (χ3n) is 2.11. The molecule has 18 heavy (non-hydrogen) atoms. The van der Waals surface area contributed by atoms with Gasteiger partial charge >= 0.3 is 6.18 Å². The van der Waals surface area contributed by atoms with Crippen molar-refractivity contribution in [3.8, 4) is 6.07 Å². The Morgan fingerprint density at radius 2 is 2.11 bits per heavy atom. The standard InChI is InChI=1S/C11H9F3N2OS/c1-2-18-9-3-6(5-15)8(11(12,13)14)4-7(9)10(16)17/h3-4H,2H2,1H3,(H2,16,17). The van der Waals surface area contributed by atoms with Crippen molar-refractivity contribution >= 4 is 17.7 Å². The van der Waals surface area contributed by atoms with E-state index in [-0.39, 0.29) is 10.5 Å². The first kappa shape index (κ1) is 14.4. The molecule has 0 aliphatic rings. The maximum atomic E-state index is 12.7. The van der Waals surface area contributed by atoms with E-state index in [0.717, 1.165) is 17.8 Å². The Bertz CT molecular complexity index is 520. The summed E-state index contributed by atoms with van der Waals surface area (Å²) in [7, 11) is 0. The molecule has 0 aliphatic carbocycles. The Morgan fingerprint density at radius 3 is 2.50 bits per heavy atom. The molecule has 1 aromatic rings. The number of benzene rings is 1. The van der Waals surface area contributed by atoms with Crippen LogP contribution in [0.15, 0.2) is 17.0 Å². The second-order valence-corrected chi connectivity index (χ2v) is 4.61. The first-order valence-electron chi connectivity index (χ1n) is 4.89. The summed E-state index contributed by atoms with van der Waals surface area (Å²) in [5.41, 5.74) is 3.18. The maximum absolute atomic E-state index is 12.7. The SMILES string of the molecule is CCSc1cc(C#N)c(C(F)(F)F)cc1C(N)=O. The third kappa shape index (κ3) is 2.96. The predicted octanol–water partition coefficient (Wildman–Crippen LogP) is 2.79. The zero-order chi connectivity index (χ0) is 13.9. The molecule has 96 valence electrons. The van der Waals surface area contributed by atoms with E-state index in [0.29, 0.717) is 11.8 Å². The van der Waals surface area contributed by atoms with Gasteiger partial charge in [-0.1, -0.05) is 6.92 Å². The summed E-state index contributed by atoms with van der Waals surface area (Å²) < 4.78 is 38.1. The molecule has 3 nitrogen and oxygen atoms in total. The molecule has 1 rings (SSSR count). The molecule has 0 radical (unpaired) electrons. The van der Waals surface area contributed by atoms with E-state index < -0.39 is 23.2 Å². The molecule has 0 atom stereocenters. The monoisotopic (exact) mass is 274 g/mol. The number of primary amides is 1. The molecular formula is C11H9F3N2OS. The summed E-state index contributed by atoms with van der Waals surface area (Å²) in [4.78, 5) is 11.4. The smallest absolute Gasteiger partial charge is 0.366 e. The van der Waals surface area contributed by atoms with E-state index in [1.54, 1.807) is 6.92 Å². The number of carbonyl (C=O) groups excluding carboxylic acids is 1. The van der Waals surface area contributed by atoms with Crippen LogP contribution in [0, 0.1) is 11.3 Å². The van der Waals surface area contributed by atoms with Crippen LogP contribution in [0.3, 0.4) is 0 Å². The number of nitrogens with two attached hydrogens (primary N) is 1. The number of alkyl halides is 3. The summed E-state index contributed by atoms with van der Waals surface area (Å²) in [5, 5.41) is 8.73. The van der Waals surface area contributed by atoms with Crippen molar-refractivity contribution in [2.45, 2.75) is 18.0 Å². The van der Waals surface area contributed by atoms with Gasteiger partial charge in [0.2, 0.25) is 5.91 Å². The van der Waals surface area contributed by atoms with Crippen molar-refractivity contribution in [1.29, 1.82) is 5.26 Å². The lowest BCUT2D eigenvalue weighted by molar-refractivity contribution is -0.137. The van der Waals surface area contributed by atoms with Gasteiger partial charge in [-0.05, 0) is 17.9 Å². The highest BCUT2D eigenvalue weighted by Crippen LogP contribution is 2.35.